The van der Waals surface area contributed by atoms with E-state index in [9.17, 15) is 18.0 Å². The first-order valence-electron chi connectivity index (χ1n) is 8.82. The molecule has 3 rings (SSSR count). The summed E-state index contributed by atoms with van der Waals surface area (Å²) in [5.74, 6) is 0.926. The van der Waals surface area contributed by atoms with E-state index in [1.807, 2.05) is 6.92 Å². The van der Waals surface area contributed by atoms with Crippen LogP contribution >= 0.6 is 0 Å². The molecular formula is C20H20F3NO4. The summed E-state index contributed by atoms with van der Waals surface area (Å²) in [6, 6.07) is 10.9. The molecule has 1 amide bonds. The fourth-order valence-electron chi connectivity index (χ4n) is 2.68. The number of hydrogen-bond acceptors (Lipinski definition) is 4. The molecule has 0 saturated carbocycles. The number of ether oxygens (including phenoxy) is 2. The maximum Gasteiger partial charge on any atom is 0.416 e. The molecule has 5 nitrogen and oxygen atoms in total. The van der Waals surface area contributed by atoms with Crippen LogP contribution in [-0.2, 0) is 15.8 Å². The number of rotatable bonds is 5. The molecule has 1 heterocycles. The summed E-state index contributed by atoms with van der Waals surface area (Å²) in [6.45, 7) is 4.07. The third-order valence-corrected chi connectivity index (χ3v) is 4.19. The molecule has 1 aliphatic rings. The van der Waals surface area contributed by atoms with Crippen molar-refractivity contribution in [2.45, 2.75) is 38.7 Å². The number of carbonyl (C=O) groups excluding carboxylic acids is 1. The topological polar surface area (TPSA) is 48.0 Å². The lowest BCUT2D eigenvalue weighted by atomic mass is 10.2. The SMILES string of the molecule is CC1CCN(C(=O)C(C)Oc2ccc(Oc3ccc(C(F)(F)F)cc3)cc2)O1. The molecule has 0 bridgehead atoms. The largest absolute Gasteiger partial charge is 0.481 e. The Labute approximate surface area is 160 Å². The number of amides is 1. The lowest BCUT2D eigenvalue weighted by Gasteiger charge is -2.20. The van der Waals surface area contributed by atoms with Gasteiger partial charge in [0.2, 0.25) is 0 Å². The minimum atomic E-state index is -4.39. The average Bonchev–Trinajstić information content (AvgIpc) is 3.09. The van der Waals surface area contributed by atoms with E-state index in [0.717, 1.165) is 18.6 Å². The van der Waals surface area contributed by atoms with Gasteiger partial charge in [0, 0.05) is 0 Å². The Morgan fingerprint density at radius 1 is 1.07 bits per heavy atom. The summed E-state index contributed by atoms with van der Waals surface area (Å²) in [6.07, 6.45) is -4.30. The second-order valence-corrected chi connectivity index (χ2v) is 6.50. The van der Waals surface area contributed by atoms with Crippen LogP contribution in [0.3, 0.4) is 0 Å². The minimum absolute atomic E-state index is 0.0118. The molecule has 2 unspecified atom stereocenters. The Bertz CT molecular complexity index is 806. The first kappa shape index (κ1) is 20.0. The second kappa shape index (κ2) is 8.10. The third kappa shape index (κ3) is 4.95. The monoisotopic (exact) mass is 395 g/mol. The van der Waals surface area contributed by atoms with Crippen LogP contribution in [0, 0.1) is 0 Å². The zero-order chi connectivity index (χ0) is 20.3. The molecule has 0 radical (unpaired) electrons. The van der Waals surface area contributed by atoms with Gasteiger partial charge in [0.25, 0.3) is 5.91 Å². The molecule has 150 valence electrons. The van der Waals surface area contributed by atoms with Crippen LogP contribution in [0.5, 0.6) is 17.2 Å². The van der Waals surface area contributed by atoms with Crippen LogP contribution in [-0.4, -0.2) is 29.7 Å². The maximum atomic E-state index is 12.6. The summed E-state index contributed by atoms with van der Waals surface area (Å²) in [5, 5.41) is 1.32. The van der Waals surface area contributed by atoms with Gasteiger partial charge in [-0.1, -0.05) is 0 Å². The van der Waals surface area contributed by atoms with Crippen molar-refractivity contribution in [2.75, 3.05) is 6.54 Å². The van der Waals surface area contributed by atoms with Gasteiger partial charge < -0.3 is 9.47 Å². The molecule has 1 aliphatic heterocycles. The molecule has 28 heavy (non-hydrogen) atoms. The van der Waals surface area contributed by atoms with Gasteiger partial charge in [0.1, 0.15) is 17.2 Å². The van der Waals surface area contributed by atoms with E-state index in [0.29, 0.717) is 18.0 Å². The van der Waals surface area contributed by atoms with Crippen molar-refractivity contribution in [3.8, 4) is 17.2 Å². The quantitative estimate of drug-likeness (QED) is 0.729. The predicted octanol–water partition coefficient (Wildman–Crippen LogP) is 4.82. The highest BCUT2D eigenvalue weighted by Gasteiger charge is 2.30. The summed E-state index contributed by atoms with van der Waals surface area (Å²) in [7, 11) is 0. The number of carbonyl (C=O) groups is 1. The van der Waals surface area contributed by atoms with Crippen LogP contribution in [0.2, 0.25) is 0 Å². The Hall–Kier alpha value is -2.74. The van der Waals surface area contributed by atoms with Crippen molar-refractivity contribution >= 4 is 5.91 Å². The Morgan fingerprint density at radius 2 is 1.61 bits per heavy atom. The Morgan fingerprint density at radius 3 is 2.11 bits per heavy atom. The van der Waals surface area contributed by atoms with Gasteiger partial charge in [-0.25, -0.2) is 5.06 Å². The first-order chi connectivity index (χ1) is 13.2. The maximum absolute atomic E-state index is 12.6. The van der Waals surface area contributed by atoms with Gasteiger partial charge in [-0.15, -0.1) is 0 Å². The molecule has 1 saturated heterocycles. The fraction of sp³-hybridized carbons (Fsp3) is 0.350. The molecule has 0 spiro atoms. The van der Waals surface area contributed by atoms with Crippen molar-refractivity contribution in [3.05, 3.63) is 54.1 Å². The predicted molar refractivity (Wildman–Crippen MR) is 94.9 cm³/mol. The first-order valence-corrected chi connectivity index (χ1v) is 8.82. The highest BCUT2D eigenvalue weighted by atomic mass is 19.4. The summed E-state index contributed by atoms with van der Waals surface area (Å²) < 4.78 is 48.9. The zero-order valence-electron chi connectivity index (χ0n) is 15.4. The lowest BCUT2D eigenvalue weighted by molar-refractivity contribution is -0.184. The van der Waals surface area contributed by atoms with Crippen LogP contribution in [0.15, 0.2) is 48.5 Å². The molecule has 0 N–H and O–H groups in total. The van der Waals surface area contributed by atoms with Gasteiger partial charge in [0.15, 0.2) is 6.10 Å². The van der Waals surface area contributed by atoms with Crippen LogP contribution < -0.4 is 9.47 Å². The Balaban J connectivity index is 1.56. The van der Waals surface area contributed by atoms with E-state index < -0.39 is 17.8 Å². The number of nitrogens with zero attached hydrogens (tertiary/aromatic N) is 1. The molecule has 2 atom stereocenters. The van der Waals surface area contributed by atoms with E-state index in [4.69, 9.17) is 14.3 Å². The van der Waals surface area contributed by atoms with Crippen molar-refractivity contribution in [1.29, 1.82) is 0 Å². The van der Waals surface area contributed by atoms with Gasteiger partial charge in [-0.3, -0.25) is 9.63 Å². The molecule has 0 aliphatic carbocycles. The van der Waals surface area contributed by atoms with Crippen molar-refractivity contribution in [1.82, 2.24) is 5.06 Å². The van der Waals surface area contributed by atoms with Crippen molar-refractivity contribution < 1.29 is 32.3 Å². The summed E-state index contributed by atoms with van der Waals surface area (Å²) >= 11 is 0. The van der Waals surface area contributed by atoms with Crippen LogP contribution in [0.4, 0.5) is 13.2 Å². The van der Waals surface area contributed by atoms with Crippen LogP contribution in [0.25, 0.3) is 0 Å². The molecule has 8 heteroatoms. The number of halogens is 3. The summed E-state index contributed by atoms with van der Waals surface area (Å²) in [4.78, 5) is 17.7. The minimum Gasteiger partial charge on any atom is -0.481 e. The highest BCUT2D eigenvalue weighted by Crippen LogP contribution is 2.31. The van der Waals surface area contributed by atoms with Gasteiger partial charge in [-0.05, 0) is 68.8 Å². The third-order valence-electron chi connectivity index (χ3n) is 4.19. The summed E-state index contributed by atoms with van der Waals surface area (Å²) in [5.41, 5.74) is -0.737. The molecular weight excluding hydrogens is 375 g/mol. The molecule has 2 aromatic rings. The van der Waals surface area contributed by atoms with E-state index in [-0.39, 0.29) is 17.8 Å². The molecule has 1 fully saturated rings. The normalized spacial score (nSPS) is 18.0. The van der Waals surface area contributed by atoms with E-state index in [1.165, 1.54) is 17.2 Å². The number of benzene rings is 2. The molecule has 2 aromatic carbocycles. The van der Waals surface area contributed by atoms with Crippen molar-refractivity contribution in [2.24, 2.45) is 0 Å². The Kier molecular flexibility index (Phi) is 5.79. The van der Waals surface area contributed by atoms with Gasteiger partial charge >= 0.3 is 6.18 Å². The fourth-order valence-corrected chi connectivity index (χ4v) is 2.68. The standard InChI is InChI=1S/C20H20F3NO4/c1-13-11-12-24(28-13)19(25)14(2)26-16-7-9-18(10-8-16)27-17-5-3-15(4-6-17)20(21,22)23/h3-10,13-14H,11-12H2,1-2H3. The highest BCUT2D eigenvalue weighted by molar-refractivity contribution is 5.80. The number of hydrogen-bond donors (Lipinski definition) is 0. The zero-order valence-corrected chi connectivity index (χ0v) is 15.4. The van der Waals surface area contributed by atoms with Gasteiger partial charge in [0.05, 0.1) is 18.2 Å². The molecule has 0 aromatic heterocycles. The smallest absolute Gasteiger partial charge is 0.416 e. The van der Waals surface area contributed by atoms with E-state index in [1.54, 1.807) is 31.2 Å². The van der Waals surface area contributed by atoms with Crippen molar-refractivity contribution in [3.63, 3.8) is 0 Å². The van der Waals surface area contributed by atoms with E-state index in [2.05, 4.69) is 0 Å². The van der Waals surface area contributed by atoms with Crippen LogP contribution in [0.1, 0.15) is 25.8 Å². The lowest BCUT2D eigenvalue weighted by Crippen LogP contribution is -2.38. The number of alkyl halides is 3. The average molecular weight is 395 g/mol. The second-order valence-electron chi connectivity index (χ2n) is 6.50. The number of hydroxylamine groups is 2. The van der Waals surface area contributed by atoms with Gasteiger partial charge in [-0.2, -0.15) is 13.2 Å². The van der Waals surface area contributed by atoms with E-state index >= 15 is 0 Å².